The van der Waals surface area contributed by atoms with Gasteiger partial charge >= 0.3 is 0 Å². The first-order chi connectivity index (χ1) is 17.1. The Balaban J connectivity index is 1.15. The van der Waals surface area contributed by atoms with Gasteiger partial charge in [-0.15, -0.1) is 11.8 Å². The molecule has 11 heteroatoms. The normalized spacial score (nSPS) is 19.3. The van der Waals surface area contributed by atoms with Crippen LogP contribution in [-0.2, 0) is 16.1 Å². The van der Waals surface area contributed by atoms with Gasteiger partial charge < -0.3 is 25.2 Å². The number of aliphatic hydroxyl groups excluding tert-OH is 1. The summed E-state index contributed by atoms with van der Waals surface area (Å²) in [7, 11) is 1.57. The van der Waals surface area contributed by atoms with Crippen LogP contribution in [0.25, 0.3) is 11.0 Å². The van der Waals surface area contributed by atoms with Crippen LogP contribution >= 0.6 is 11.8 Å². The fraction of sp³-hybridized carbons (Fsp3) is 0.417. The molecule has 1 saturated heterocycles. The second kappa shape index (κ2) is 10.8. The monoisotopic (exact) mass is 496 g/mol. The van der Waals surface area contributed by atoms with Crippen LogP contribution in [0, 0.1) is 0 Å². The lowest BCUT2D eigenvalue weighted by atomic mass is 10.1. The number of β-amino-alcohol motifs (C(OH)–C–C–N with tert-alkyl or cyclic N) is 1. The highest BCUT2D eigenvalue weighted by Crippen LogP contribution is 2.29. The maximum absolute atomic E-state index is 11.6. The summed E-state index contributed by atoms with van der Waals surface area (Å²) >= 11 is 1.50. The number of fused-ring (bicyclic) bond motifs is 2. The number of nitrogens with one attached hydrogen (secondary N) is 2. The Morgan fingerprint density at radius 1 is 1.31 bits per heavy atom. The lowest BCUT2D eigenvalue weighted by molar-refractivity contribution is -0.113. The number of hydrogen-bond acceptors (Lipinski definition) is 10. The summed E-state index contributed by atoms with van der Waals surface area (Å²) in [6, 6.07) is 9.39. The van der Waals surface area contributed by atoms with Gasteiger partial charge in [-0.1, -0.05) is 0 Å². The third-order valence-corrected chi connectivity index (χ3v) is 7.07. The molecule has 0 bridgehead atoms. The van der Waals surface area contributed by atoms with Gasteiger partial charge in [0.25, 0.3) is 0 Å². The molecule has 5 heterocycles. The van der Waals surface area contributed by atoms with Crippen molar-refractivity contribution in [2.75, 3.05) is 51.0 Å². The van der Waals surface area contributed by atoms with Crippen LogP contribution in [0.15, 0.2) is 41.4 Å². The minimum absolute atomic E-state index is 0.00348. The van der Waals surface area contributed by atoms with Crippen molar-refractivity contribution < 1.29 is 19.4 Å². The number of morpholine rings is 1. The fourth-order valence-corrected chi connectivity index (χ4v) is 5.04. The van der Waals surface area contributed by atoms with E-state index in [1.54, 1.807) is 19.4 Å². The molecule has 0 radical (unpaired) electrons. The number of aliphatic hydroxyl groups is 1. The van der Waals surface area contributed by atoms with Gasteiger partial charge in [0.2, 0.25) is 11.8 Å². The number of methoxy groups -OCH3 is 1. The first-order valence-electron chi connectivity index (χ1n) is 11.5. The van der Waals surface area contributed by atoms with Gasteiger partial charge in [0.15, 0.2) is 0 Å². The predicted molar refractivity (Wildman–Crippen MR) is 133 cm³/mol. The van der Waals surface area contributed by atoms with E-state index in [9.17, 15) is 9.90 Å². The Labute approximate surface area is 207 Å². The maximum atomic E-state index is 11.6. The van der Waals surface area contributed by atoms with E-state index in [-0.39, 0.29) is 12.0 Å². The van der Waals surface area contributed by atoms with E-state index in [1.807, 2.05) is 24.3 Å². The van der Waals surface area contributed by atoms with Crippen molar-refractivity contribution in [2.24, 2.45) is 0 Å². The number of thioether (sulfide) groups is 1. The van der Waals surface area contributed by atoms with Crippen molar-refractivity contribution in [3.8, 4) is 5.88 Å². The number of aromatic nitrogens is 3. The second-order valence-corrected chi connectivity index (χ2v) is 9.52. The number of anilines is 1. The maximum Gasteiger partial charge on any atom is 0.235 e. The van der Waals surface area contributed by atoms with Gasteiger partial charge in [0.05, 0.1) is 53.3 Å². The Morgan fingerprint density at radius 2 is 2.23 bits per heavy atom. The van der Waals surface area contributed by atoms with Gasteiger partial charge in [-0.25, -0.2) is 9.97 Å². The van der Waals surface area contributed by atoms with Crippen molar-refractivity contribution in [2.45, 2.75) is 23.6 Å². The Kier molecular flexibility index (Phi) is 7.40. The molecule has 10 nitrogen and oxygen atoms in total. The van der Waals surface area contributed by atoms with Crippen LogP contribution in [0.4, 0.5) is 5.82 Å². The molecule has 3 N–H and O–H groups in total. The molecular weight excluding hydrogens is 468 g/mol. The highest BCUT2D eigenvalue weighted by Gasteiger charge is 2.24. The number of amides is 1. The fourth-order valence-electron chi connectivity index (χ4n) is 4.29. The minimum atomic E-state index is -0.709. The van der Waals surface area contributed by atoms with Crippen LogP contribution in [0.2, 0.25) is 0 Å². The number of rotatable bonds is 8. The molecule has 0 aromatic carbocycles. The van der Waals surface area contributed by atoms with Crippen molar-refractivity contribution >= 4 is 34.5 Å². The van der Waals surface area contributed by atoms with Gasteiger partial charge in [-0.2, -0.15) is 0 Å². The van der Waals surface area contributed by atoms with E-state index < -0.39 is 6.10 Å². The van der Waals surface area contributed by atoms with Crippen molar-refractivity contribution in [1.29, 1.82) is 0 Å². The molecule has 1 amide bonds. The van der Waals surface area contributed by atoms with Crippen molar-refractivity contribution in [3.05, 3.63) is 47.8 Å². The summed E-state index contributed by atoms with van der Waals surface area (Å²) < 4.78 is 11.2. The van der Waals surface area contributed by atoms with E-state index in [0.717, 1.165) is 28.2 Å². The number of carbonyl (C=O) groups excluding carboxylic acids is 1. The molecule has 35 heavy (non-hydrogen) atoms. The van der Waals surface area contributed by atoms with Crippen LogP contribution < -0.4 is 15.4 Å². The minimum Gasteiger partial charge on any atom is -0.481 e. The number of ether oxygens (including phenoxy) is 2. The summed E-state index contributed by atoms with van der Waals surface area (Å²) in [4.78, 5) is 28.2. The van der Waals surface area contributed by atoms with Crippen molar-refractivity contribution in [1.82, 2.24) is 25.2 Å². The second-order valence-electron chi connectivity index (χ2n) is 8.51. The zero-order valence-electron chi connectivity index (χ0n) is 19.4. The van der Waals surface area contributed by atoms with E-state index in [4.69, 9.17) is 9.47 Å². The smallest absolute Gasteiger partial charge is 0.235 e. The topological polar surface area (TPSA) is 122 Å². The number of hydrogen-bond donors (Lipinski definition) is 3. The molecule has 184 valence electrons. The summed E-state index contributed by atoms with van der Waals surface area (Å²) in [5.74, 6) is 1.53. The Morgan fingerprint density at radius 3 is 3.11 bits per heavy atom. The molecule has 1 fully saturated rings. The zero-order valence-corrected chi connectivity index (χ0v) is 20.3. The quantitative estimate of drug-likeness (QED) is 0.424. The van der Waals surface area contributed by atoms with E-state index >= 15 is 0 Å². The average Bonchev–Trinajstić information content (AvgIpc) is 2.88. The molecule has 3 aromatic heterocycles. The predicted octanol–water partition coefficient (Wildman–Crippen LogP) is 1.60. The van der Waals surface area contributed by atoms with Crippen LogP contribution in [-0.4, -0.2) is 82.6 Å². The van der Waals surface area contributed by atoms with Gasteiger partial charge in [0, 0.05) is 50.6 Å². The highest BCUT2D eigenvalue weighted by atomic mass is 32.2. The molecule has 0 aliphatic carbocycles. The Hall–Kier alpha value is -2.83. The molecule has 2 atom stereocenters. The lowest BCUT2D eigenvalue weighted by Crippen LogP contribution is -2.47. The Bertz CT molecular complexity index is 1210. The third kappa shape index (κ3) is 5.71. The number of nitrogens with zero attached hydrogens (tertiary/aromatic N) is 4. The number of pyridine rings is 3. The molecule has 5 rings (SSSR count). The molecule has 0 unspecified atom stereocenters. The van der Waals surface area contributed by atoms with E-state index in [1.165, 1.54) is 11.8 Å². The standard InChI is InChI=1S/C24H28N6O4S/c1-33-22-5-3-18-23(29-22)17(6-7-26-18)19(31)13-30-8-9-34-16(12-30)11-25-10-15-2-4-20-24(27-15)28-21(32)14-35-20/h2-7,16,19,25,31H,8-14H2,1H3,(H,27,28,32)/t16-,19+/m0/s1. The molecule has 0 saturated carbocycles. The van der Waals surface area contributed by atoms with Gasteiger partial charge in [-0.3, -0.25) is 14.7 Å². The largest absolute Gasteiger partial charge is 0.481 e. The van der Waals surface area contributed by atoms with Gasteiger partial charge in [0.1, 0.15) is 5.82 Å². The van der Waals surface area contributed by atoms with Crippen LogP contribution in [0.1, 0.15) is 17.4 Å². The first-order valence-corrected chi connectivity index (χ1v) is 12.5. The highest BCUT2D eigenvalue weighted by molar-refractivity contribution is 8.00. The van der Waals surface area contributed by atoms with Gasteiger partial charge in [-0.05, 0) is 24.3 Å². The molecule has 0 spiro atoms. The molecule has 3 aromatic rings. The zero-order chi connectivity index (χ0) is 24.2. The summed E-state index contributed by atoms with van der Waals surface area (Å²) in [6.45, 7) is 3.76. The van der Waals surface area contributed by atoms with Crippen LogP contribution in [0.3, 0.4) is 0 Å². The summed E-state index contributed by atoms with van der Waals surface area (Å²) in [5.41, 5.74) is 2.97. The summed E-state index contributed by atoms with van der Waals surface area (Å²) in [5, 5.41) is 17.2. The molecular formula is C24H28N6O4S. The summed E-state index contributed by atoms with van der Waals surface area (Å²) in [6.07, 6.45) is 0.982. The average molecular weight is 497 g/mol. The number of carbonyl (C=O) groups is 1. The first kappa shape index (κ1) is 23.9. The van der Waals surface area contributed by atoms with Crippen molar-refractivity contribution in [3.63, 3.8) is 0 Å². The van der Waals surface area contributed by atoms with E-state index in [0.29, 0.717) is 55.8 Å². The SMILES string of the molecule is COc1ccc2nccc([C@H](O)CN3CCO[C@@H](CNCc4ccc5c(n4)NC(=O)CS5)C3)c2n1. The van der Waals surface area contributed by atoms with E-state index in [2.05, 4.69) is 30.5 Å². The third-order valence-electron chi connectivity index (χ3n) is 6.02. The van der Waals surface area contributed by atoms with Crippen LogP contribution in [0.5, 0.6) is 5.88 Å². The molecule has 2 aliphatic heterocycles. The lowest BCUT2D eigenvalue weighted by Gasteiger charge is -2.34. The molecule has 2 aliphatic rings.